The average molecular weight is 181 g/mol. The van der Waals surface area contributed by atoms with Crippen LogP contribution in [0.4, 0.5) is 0 Å². The first-order valence-corrected chi connectivity index (χ1v) is 5.29. The zero-order valence-corrected chi connectivity index (χ0v) is 9.48. The Hall–Kier alpha value is -0.480. The van der Waals surface area contributed by atoms with Crippen molar-refractivity contribution >= 4 is 0 Å². The zero-order valence-electron chi connectivity index (χ0n) is 9.48. The highest BCUT2D eigenvalue weighted by Gasteiger charge is 2.00. The van der Waals surface area contributed by atoms with Gasteiger partial charge in [-0.15, -0.1) is 5.92 Å². The molecular formula is C12H23N. The molecule has 0 fully saturated rings. The number of rotatable bonds is 6. The Morgan fingerprint density at radius 2 is 1.85 bits per heavy atom. The standard InChI is InChI=1S/C12H23N/c1-5-6-10-13-12(4)9-7-8-11(2)3/h11-13H,7-10H2,1-4H3. The first-order valence-electron chi connectivity index (χ1n) is 5.29. The molecule has 0 bridgehead atoms. The molecule has 0 spiro atoms. The van der Waals surface area contributed by atoms with Crippen molar-refractivity contribution in [1.29, 1.82) is 0 Å². The Morgan fingerprint density at radius 3 is 2.38 bits per heavy atom. The van der Waals surface area contributed by atoms with E-state index in [2.05, 4.69) is 37.9 Å². The molecule has 0 aromatic heterocycles. The third-order valence-corrected chi connectivity index (χ3v) is 2.13. The lowest BCUT2D eigenvalue weighted by molar-refractivity contribution is 0.472. The van der Waals surface area contributed by atoms with E-state index in [4.69, 9.17) is 0 Å². The summed E-state index contributed by atoms with van der Waals surface area (Å²) in [5, 5.41) is 3.38. The summed E-state index contributed by atoms with van der Waals surface area (Å²) in [6.07, 6.45) is 3.93. The van der Waals surface area contributed by atoms with Crippen LogP contribution in [0.1, 0.15) is 47.0 Å². The van der Waals surface area contributed by atoms with Gasteiger partial charge in [0.2, 0.25) is 0 Å². The van der Waals surface area contributed by atoms with Crippen LogP contribution in [0.15, 0.2) is 0 Å². The molecule has 0 aliphatic carbocycles. The number of hydrogen-bond acceptors (Lipinski definition) is 1. The first-order chi connectivity index (χ1) is 6.16. The van der Waals surface area contributed by atoms with Crippen molar-refractivity contribution in [2.75, 3.05) is 6.54 Å². The molecule has 0 saturated heterocycles. The van der Waals surface area contributed by atoms with E-state index in [9.17, 15) is 0 Å². The highest BCUT2D eigenvalue weighted by atomic mass is 14.9. The molecule has 13 heavy (non-hydrogen) atoms. The number of nitrogens with one attached hydrogen (secondary N) is 1. The summed E-state index contributed by atoms with van der Waals surface area (Å²) < 4.78 is 0. The van der Waals surface area contributed by atoms with E-state index < -0.39 is 0 Å². The van der Waals surface area contributed by atoms with Crippen LogP contribution in [-0.2, 0) is 0 Å². The highest BCUT2D eigenvalue weighted by Crippen LogP contribution is 2.07. The second-order valence-electron chi connectivity index (χ2n) is 4.03. The normalized spacial score (nSPS) is 12.4. The van der Waals surface area contributed by atoms with Gasteiger partial charge in [0.05, 0.1) is 6.54 Å². The summed E-state index contributed by atoms with van der Waals surface area (Å²) >= 11 is 0. The van der Waals surface area contributed by atoms with Crippen molar-refractivity contribution in [3.8, 4) is 11.8 Å². The van der Waals surface area contributed by atoms with Gasteiger partial charge in [-0.25, -0.2) is 0 Å². The summed E-state index contributed by atoms with van der Waals surface area (Å²) in [4.78, 5) is 0. The lowest BCUT2D eigenvalue weighted by Crippen LogP contribution is -2.26. The quantitative estimate of drug-likeness (QED) is 0.621. The van der Waals surface area contributed by atoms with Crippen molar-refractivity contribution in [2.24, 2.45) is 5.92 Å². The monoisotopic (exact) mass is 181 g/mol. The Labute approximate surface area is 83.3 Å². The van der Waals surface area contributed by atoms with Gasteiger partial charge in [-0.05, 0) is 26.2 Å². The van der Waals surface area contributed by atoms with Gasteiger partial charge in [0.15, 0.2) is 0 Å². The van der Waals surface area contributed by atoms with Gasteiger partial charge >= 0.3 is 0 Å². The lowest BCUT2D eigenvalue weighted by atomic mass is 10.0. The molecule has 76 valence electrons. The third-order valence-electron chi connectivity index (χ3n) is 2.13. The molecule has 0 radical (unpaired) electrons. The molecule has 1 nitrogen and oxygen atoms in total. The molecular weight excluding hydrogens is 158 g/mol. The van der Waals surface area contributed by atoms with Crippen molar-refractivity contribution < 1.29 is 0 Å². The maximum atomic E-state index is 3.38. The topological polar surface area (TPSA) is 12.0 Å². The molecule has 1 atom stereocenters. The van der Waals surface area contributed by atoms with E-state index in [1.54, 1.807) is 0 Å². The van der Waals surface area contributed by atoms with E-state index in [1.807, 2.05) is 6.92 Å². The van der Waals surface area contributed by atoms with E-state index in [-0.39, 0.29) is 0 Å². The molecule has 0 aliphatic heterocycles. The van der Waals surface area contributed by atoms with Gasteiger partial charge in [0.25, 0.3) is 0 Å². The Balaban J connectivity index is 3.28. The highest BCUT2D eigenvalue weighted by molar-refractivity contribution is 4.97. The predicted octanol–water partition coefficient (Wildman–Crippen LogP) is 2.81. The smallest absolute Gasteiger partial charge is 0.0578 e. The van der Waals surface area contributed by atoms with Gasteiger partial charge in [-0.1, -0.05) is 32.6 Å². The molecule has 0 aliphatic rings. The maximum Gasteiger partial charge on any atom is 0.0578 e. The van der Waals surface area contributed by atoms with Crippen molar-refractivity contribution in [3.05, 3.63) is 0 Å². The molecule has 0 aromatic carbocycles. The van der Waals surface area contributed by atoms with Crippen molar-refractivity contribution in [1.82, 2.24) is 5.32 Å². The average Bonchev–Trinajstić information content (AvgIpc) is 2.04. The fourth-order valence-electron chi connectivity index (χ4n) is 1.25. The fourth-order valence-corrected chi connectivity index (χ4v) is 1.25. The van der Waals surface area contributed by atoms with E-state index in [0.29, 0.717) is 6.04 Å². The summed E-state index contributed by atoms with van der Waals surface area (Å²) in [6.45, 7) is 9.50. The minimum absolute atomic E-state index is 0.611. The number of hydrogen-bond donors (Lipinski definition) is 1. The summed E-state index contributed by atoms with van der Waals surface area (Å²) in [7, 11) is 0. The SMILES string of the molecule is CC#CCNC(C)CCCC(C)C. The molecule has 1 unspecified atom stereocenters. The Bertz CT molecular complexity index is 162. The molecule has 1 N–H and O–H groups in total. The van der Waals surface area contributed by atoms with Crippen LogP contribution >= 0.6 is 0 Å². The maximum absolute atomic E-state index is 3.38. The predicted molar refractivity (Wildman–Crippen MR) is 59.6 cm³/mol. The summed E-state index contributed by atoms with van der Waals surface area (Å²) in [6, 6.07) is 0.611. The molecule has 0 heterocycles. The first kappa shape index (κ1) is 12.5. The van der Waals surface area contributed by atoms with E-state index >= 15 is 0 Å². The third kappa shape index (κ3) is 9.43. The summed E-state index contributed by atoms with van der Waals surface area (Å²) in [5.41, 5.74) is 0. The van der Waals surface area contributed by atoms with Crippen LogP contribution in [0.25, 0.3) is 0 Å². The van der Waals surface area contributed by atoms with Crippen LogP contribution < -0.4 is 5.32 Å². The molecule has 1 heteroatoms. The van der Waals surface area contributed by atoms with Gasteiger partial charge in [0.1, 0.15) is 0 Å². The van der Waals surface area contributed by atoms with E-state index in [0.717, 1.165) is 12.5 Å². The van der Waals surface area contributed by atoms with Crippen LogP contribution in [0.2, 0.25) is 0 Å². The van der Waals surface area contributed by atoms with Gasteiger partial charge < -0.3 is 5.32 Å². The van der Waals surface area contributed by atoms with Gasteiger partial charge in [0, 0.05) is 6.04 Å². The molecule has 0 amide bonds. The Kier molecular flexibility index (Phi) is 7.83. The summed E-state index contributed by atoms with van der Waals surface area (Å²) in [5.74, 6) is 6.74. The minimum Gasteiger partial charge on any atom is -0.304 e. The van der Waals surface area contributed by atoms with Crippen LogP contribution in [0, 0.1) is 17.8 Å². The lowest BCUT2D eigenvalue weighted by Gasteiger charge is -2.12. The minimum atomic E-state index is 0.611. The largest absolute Gasteiger partial charge is 0.304 e. The zero-order chi connectivity index (χ0) is 10.1. The molecule has 0 rings (SSSR count). The second-order valence-corrected chi connectivity index (χ2v) is 4.03. The van der Waals surface area contributed by atoms with Crippen molar-refractivity contribution in [3.63, 3.8) is 0 Å². The van der Waals surface area contributed by atoms with Gasteiger partial charge in [-0.3, -0.25) is 0 Å². The van der Waals surface area contributed by atoms with Crippen LogP contribution in [0.5, 0.6) is 0 Å². The molecule has 0 aromatic rings. The van der Waals surface area contributed by atoms with Gasteiger partial charge in [-0.2, -0.15) is 0 Å². The fraction of sp³-hybridized carbons (Fsp3) is 0.833. The molecule has 0 saturated carbocycles. The van der Waals surface area contributed by atoms with E-state index in [1.165, 1.54) is 19.3 Å². The van der Waals surface area contributed by atoms with Crippen molar-refractivity contribution in [2.45, 2.75) is 53.0 Å². The Morgan fingerprint density at radius 1 is 1.15 bits per heavy atom. The van der Waals surface area contributed by atoms with Crippen LogP contribution in [0.3, 0.4) is 0 Å². The van der Waals surface area contributed by atoms with Crippen LogP contribution in [-0.4, -0.2) is 12.6 Å². The second kappa shape index (κ2) is 8.13.